The first-order valence-electron chi connectivity index (χ1n) is 4.06. The molecule has 1 aromatic rings. The summed E-state index contributed by atoms with van der Waals surface area (Å²) in [5.74, 6) is 0.709. The third-order valence-corrected chi connectivity index (χ3v) is 3.60. The van der Waals surface area contributed by atoms with E-state index in [1.165, 1.54) is 11.3 Å². The van der Waals surface area contributed by atoms with E-state index >= 15 is 0 Å². The second kappa shape index (κ2) is 5.55. The molecule has 2 heteroatoms. The van der Waals surface area contributed by atoms with Crippen LogP contribution in [-0.4, -0.2) is 5.33 Å². The predicted molar refractivity (Wildman–Crippen MR) is 60.1 cm³/mol. The molecule has 0 radical (unpaired) electrons. The first-order chi connectivity index (χ1) is 5.86. The van der Waals surface area contributed by atoms with Crippen molar-refractivity contribution in [3.63, 3.8) is 0 Å². The van der Waals surface area contributed by atoms with Crippen molar-refractivity contribution in [2.24, 2.45) is 5.92 Å². The molecular weight excluding hydrogens is 232 g/mol. The van der Waals surface area contributed by atoms with Crippen molar-refractivity contribution >= 4 is 27.3 Å². The molecule has 0 N–H and O–H groups in total. The smallest absolute Gasteiger partial charge is 0.00661 e. The maximum atomic E-state index is 3.76. The number of rotatable bonds is 5. The van der Waals surface area contributed by atoms with Gasteiger partial charge in [-0.3, -0.25) is 0 Å². The van der Waals surface area contributed by atoms with E-state index in [4.69, 9.17) is 0 Å². The molecule has 1 heterocycles. The molecule has 0 saturated heterocycles. The molecule has 0 aliphatic rings. The fraction of sp³-hybridized carbons (Fsp3) is 0.400. The summed E-state index contributed by atoms with van der Waals surface area (Å²) >= 11 is 5.36. The molecule has 1 aromatic heterocycles. The summed E-state index contributed by atoms with van der Waals surface area (Å²) in [4.78, 5) is 1.47. The molecule has 0 aliphatic heterocycles. The molecule has 1 rings (SSSR count). The van der Waals surface area contributed by atoms with Gasteiger partial charge in [0.05, 0.1) is 0 Å². The average Bonchev–Trinajstić information content (AvgIpc) is 2.56. The third kappa shape index (κ3) is 3.11. The Labute approximate surface area is 86.4 Å². The van der Waals surface area contributed by atoms with Crippen LogP contribution >= 0.6 is 27.3 Å². The van der Waals surface area contributed by atoms with Gasteiger partial charge in [0.2, 0.25) is 0 Å². The van der Waals surface area contributed by atoms with Gasteiger partial charge in [0, 0.05) is 10.2 Å². The number of hydrogen-bond donors (Lipinski definition) is 0. The molecular formula is C10H13BrS. The third-order valence-electron chi connectivity index (χ3n) is 1.79. The van der Waals surface area contributed by atoms with Crippen LogP contribution < -0.4 is 0 Å². The maximum Gasteiger partial charge on any atom is 0.00661 e. The number of allylic oxidation sites excluding steroid dienone is 1. The van der Waals surface area contributed by atoms with Crippen molar-refractivity contribution in [1.29, 1.82) is 0 Å². The molecule has 0 spiro atoms. The van der Waals surface area contributed by atoms with Crippen LogP contribution in [-0.2, 0) is 6.42 Å². The lowest BCUT2D eigenvalue weighted by molar-refractivity contribution is 0.610. The highest BCUT2D eigenvalue weighted by atomic mass is 79.9. The van der Waals surface area contributed by atoms with Gasteiger partial charge in [-0.1, -0.05) is 28.1 Å². The van der Waals surface area contributed by atoms with E-state index < -0.39 is 0 Å². The average molecular weight is 245 g/mol. The summed E-state index contributed by atoms with van der Waals surface area (Å²) < 4.78 is 0. The Bertz CT molecular complexity index is 216. The van der Waals surface area contributed by atoms with Gasteiger partial charge in [0.25, 0.3) is 0 Å². The lowest BCUT2D eigenvalue weighted by Crippen LogP contribution is -2.03. The van der Waals surface area contributed by atoms with Gasteiger partial charge in [-0.2, -0.15) is 0 Å². The van der Waals surface area contributed by atoms with E-state index in [-0.39, 0.29) is 0 Å². The molecule has 0 bridgehead atoms. The number of hydrogen-bond acceptors (Lipinski definition) is 1. The second-order valence-electron chi connectivity index (χ2n) is 2.83. The lowest BCUT2D eigenvalue weighted by Gasteiger charge is -2.08. The fourth-order valence-electron chi connectivity index (χ4n) is 1.15. The lowest BCUT2D eigenvalue weighted by atomic mass is 10.0. The summed E-state index contributed by atoms with van der Waals surface area (Å²) in [5.41, 5.74) is 0. The predicted octanol–water partition coefficient (Wildman–Crippen LogP) is 3.88. The summed E-state index contributed by atoms with van der Waals surface area (Å²) in [6.45, 7) is 3.76. The van der Waals surface area contributed by atoms with Gasteiger partial charge in [0.15, 0.2) is 0 Å². The van der Waals surface area contributed by atoms with Crippen molar-refractivity contribution in [1.82, 2.24) is 0 Å². The summed E-state index contributed by atoms with van der Waals surface area (Å²) in [6, 6.07) is 4.31. The SMILES string of the molecule is C=CCC(CBr)Cc1cccs1. The van der Waals surface area contributed by atoms with E-state index in [1.807, 2.05) is 17.4 Å². The Morgan fingerprint density at radius 2 is 2.50 bits per heavy atom. The Balaban J connectivity index is 2.42. The van der Waals surface area contributed by atoms with Crippen LogP contribution in [0.2, 0.25) is 0 Å². The van der Waals surface area contributed by atoms with Crippen LogP contribution in [0.25, 0.3) is 0 Å². The van der Waals surface area contributed by atoms with Gasteiger partial charge in [0.1, 0.15) is 0 Å². The van der Waals surface area contributed by atoms with Gasteiger partial charge < -0.3 is 0 Å². The summed E-state index contributed by atoms with van der Waals surface area (Å²) in [6.07, 6.45) is 4.28. The van der Waals surface area contributed by atoms with Gasteiger partial charge in [-0.15, -0.1) is 17.9 Å². The first kappa shape index (κ1) is 10.0. The second-order valence-corrected chi connectivity index (χ2v) is 4.51. The molecule has 0 amide bonds. The summed E-state index contributed by atoms with van der Waals surface area (Å²) in [7, 11) is 0. The highest BCUT2D eigenvalue weighted by Crippen LogP contribution is 2.18. The minimum absolute atomic E-state index is 0.709. The highest BCUT2D eigenvalue weighted by molar-refractivity contribution is 9.09. The van der Waals surface area contributed by atoms with Crippen LogP contribution in [0, 0.1) is 5.92 Å². The Hall–Kier alpha value is -0.0800. The van der Waals surface area contributed by atoms with Crippen molar-refractivity contribution in [3.05, 3.63) is 35.0 Å². The minimum atomic E-state index is 0.709. The molecule has 0 aromatic carbocycles. The van der Waals surface area contributed by atoms with Gasteiger partial charge >= 0.3 is 0 Å². The van der Waals surface area contributed by atoms with Crippen LogP contribution in [0.4, 0.5) is 0 Å². The maximum absolute atomic E-state index is 3.76. The zero-order chi connectivity index (χ0) is 8.81. The van der Waals surface area contributed by atoms with Crippen molar-refractivity contribution in [3.8, 4) is 0 Å². The molecule has 1 unspecified atom stereocenters. The monoisotopic (exact) mass is 244 g/mol. The van der Waals surface area contributed by atoms with E-state index in [1.54, 1.807) is 0 Å². The molecule has 12 heavy (non-hydrogen) atoms. The van der Waals surface area contributed by atoms with E-state index in [0.29, 0.717) is 5.92 Å². The zero-order valence-electron chi connectivity index (χ0n) is 7.00. The largest absolute Gasteiger partial charge is 0.149 e. The Morgan fingerprint density at radius 3 is 3.00 bits per heavy atom. The van der Waals surface area contributed by atoms with E-state index in [0.717, 1.165) is 11.8 Å². The normalized spacial score (nSPS) is 12.8. The van der Waals surface area contributed by atoms with Crippen molar-refractivity contribution < 1.29 is 0 Å². The fourth-order valence-corrected chi connectivity index (χ4v) is 2.46. The van der Waals surface area contributed by atoms with E-state index in [9.17, 15) is 0 Å². The molecule has 0 nitrogen and oxygen atoms in total. The number of alkyl halides is 1. The molecule has 0 fully saturated rings. The van der Waals surface area contributed by atoms with E-state index in [2.05, 4.69) is 40.0 Å². The summed E-state index contributed by atoms with van der Waals surface area (Å²) in [5, 5.41) is 3.20. The first-order valence-corrected chi connectivity index (χ1v) is 6.06. The highest BCUT2D eigenvalue weighted by Gasteiger charge is 2.06. The Morgan fingerprint density at radius 1 is 1.67 bits per heavy atom. The molecule has 66 valence electrons. The minimum Gasteiger partial charge on any atom is -0.149 e. The quantitative estimate of drug-likeness (QED) is 0.545. The van der Waals surface area contributed by atoms with Gasteiger partial charge in [-0.05, 0) is 30.2 Å². The van der Waals surface area contributed by atoms with Gasteiger partial charge in [-0.25, -0.2) is 0 Å². The number of thiophene rings is 1. The van der Waals surface area contributed by atoms with Crippen molar-refractivity contribution in [2.75, 3.05) is 5.33 Å². The number of halogens is 1. The molecule has 0 aliphatic carbocycles. The van der Waals surface area contributed by atoms with Crippen LogP contribution in [0.1, 0.15) is 11.3 Å². The zero-order valence-corrected chi connectivity index (χ0v) is 9.40. The Kier molecular flexibility index (Phi) is 4.62. The topological polar surface area (TPSA) is 0 Å². The van der Waals surface area contributed by atoms with Crippen molar-refractivity contribution in [2.45, 2.75) is 12.8 Å². The van der Waals surface area contributed by atoms with Crippen LogP contribution in [0.3, 0.4) is 0 Å². The molecule has 1 atom stereocenters. The molecule has 0 saturated carbocycles. The van der Waals surface area contributed by atoms with Crippen LogP contribution in [0.5, 0.6) is 0 Å². The standard InChI is InChI=1S/C10H13BrS/c1-2-4-9(8-11)7-10-5-3-6-12-10/h2-3,5-6,9H,1,4,7-8H2. The van der Waals surface area contributed by atoms with Crippen LogP contribution in [0.15, 0.2) is 30.2 Å².